The predicted octanol–water partition coefficient (Wildman–Crippen LogP) is 4.24. The highest BCUT2D eigenvalue weighted by molar-refractivity contribution is 7.99. The second-order valence-corrected chi connectivity index (χ2v) is 8.20. The Labute approximate surface area is 169 Å². The van der Waals surface area contributed by atoms with E-state index in [2.05, 4.69) is 53.6 Å². The molecule has 1 amide bonds. The molecule has 1 N–H and O–H groups in total. The lowest BCUT2D eigenvalue weighted by molar-refractivity contribution is -0.119. The van der Waals surface area contributed by atoms with Gasteiger partial charge in [-0.05, 0) is 42.5 Å². The molecule has 0 aliphatic carbocycles. The van der Waals surface area contributed by atoms with E-state index in [4.69, 9.17) is 4.42 Å². The van der Waals surface area contributed by atoms with E-state index in [0.717, 1.165) is 12.0 Å². The van der Waals surface area contributed by atoms with Crippen molar-refractivity contribution >= 4 is 17.7 Å². The van der Waals surface area contributed by atoms with Gasteiger partial charge in [0, 0.05) is 7.05 Å². The Kier molecular flexibility index (Phi) is 6.57. The normalized spacial score (nSPS) is 12.3. The lowest BCUT2D eigenvalue weighted by atomic mass is 10.00. The van der Waals surface area contributed by atoms with Gasteiger partial charge < -0.3 is 14.3 Å². The summed E-state index contributed by atoms with van der Waals surface area (Å²) >= 11 is 1.36. The minimum absolute atomic E-state index is 0.0358. The minimum Gasteiger partial charge on any atom is -0.461 e. The van der Waals surface area contributed by atoms with Crippen molar-refractivity contribution in [1.29, 1.82) is 0 Å². The Balaban J connectivity index is 1.53. The van der Waals surface area contributed by atoms with Gasteiger partial charge in [-0.15, -0.1) is 10.2 Å². The van der Waals surface area contributed by atoms with Crippen LogP contribution in [0.1, 0.15) is 37.9 Å². The van der Waals surface area contributed by atoms with Gasteiger partial charge in [-0.25, -0.2) is 0 Å². The number of benzene rings is 1. The van der Waals surface area contributed by atoms with E-state index in [1.165, 1.54) is 17.3 Å². The van der Waals surface area contributed by atoms with Crippen molar-refractivity contribution in [1.82, 2.24) is 20.1 Å². The van der Waals surface area contributed by atoms with Crippen LogP contribution in [0.25, 0.3) is 11.6 Å². The van der Waals surface area contributed by atoms with Gasteiger partial charge in [0.05, 0.1) is 18.1 Å². The number of nitrogens with zero attached hydrogens (tertiary/aromatic N) is 3. The summed E-state index contributed by atoms with van der Waals surface area (Å²) in [6, 6.07) is 12.1. The lowest BCUT2D eigenvalue weighted by Gasteiger charge is -2.15. The SMILES string of the molecule is CC(C)Cc1ccc([C@@H](C)NC(=O)CSc2nnc(-c3ccco3)n2C)cc1. The number of nitrogens with one attached hydrogen (secondary N) is 1. The minimum atomic E-state index is -0.0422. The number of carbonyl (C=O) groups excluding carboxylic acids is 1. The molecule has 3 rings (SSSR count). The molecule has 0 bridgehead atoms. The van der Waals surface area contributed by atoms with Crippen molar-refractivity contribution < 1.29 is 9.21 Å². The Morgan fingerprint density at radius 3 is 2.57 bits per heavy atom. The summed E-state index contributed by atoms with van der Waals surface area (Å²) in [5.41, 5.74) is 2.42. The van der Waals surface area contributed by atoms with Gasteiger partial charge in [0.1, 0.15) is 0 Å². The van der Waals surface area contributed by atoms with E-state index >= 15 is 0 Å². The molecule has 2 aromatic heterocycles. The highest BCUT2D eigenvalue weighted by Gasteiger charge is 2.15. The first kappa shape index (κ1) is 20.2. The van der Waals surface area contributed by atoms with Crippen LogP contribution in [0, 0.1) is 5.92 Å². The maximum absolute atomic E-state index is 12.4. The standard InChI is InChI=1S/C21H26N4O2S/c1-14(2)12-16-7-9-17(10-8-16)15(3)22-19(26)13-28-21-24-23-20(25(21)4)18-6-5-11-27-18/h5-11,14-15H,12-13H2,1-4H3,(H,22,26)/t15-/m1/s1. The number of aromatic nitrogens is 3. The molecule has 148 valence electrons. The molecule has 0 saturated heterocycles. The van der Waals surface area contributed by atoms with Gasteiger partial charge in [-0.3, -0.25) is 4.79 Å². The molecule has 0 radical (unpaired) electrons. The van der Waals surface area contributed by atoms with E-state index in [9.17, 15) is 4.79 Å². The smallest absolute Gasteiger partial charge is 0.230 e. The zero-order chi connectivity index (χ0) is 20.1. The first-order chi connectivity index (χ1) is 13.4. The van der Waals surface area contributed by atoms with Crippen molar-refractivity contribution in [3.05, 3.63) is 53.8 Å². The zero-order valence-electron chi connectivity index (χ0n) is 16.7. The molecule has 6 nitrogen and oxygen atoms in total. The van der Waals surface area contributed by atoms with Crippen molar-refractivity contribution in [2.75, 3.05) is 5.75 Å². The highest BCUT2D eigenvalue weighted by atomic mass is 32.2. The first-order valence-electron chi connectivity index (χ1n) is 9.38. The number of thioether (sulfide) groups is 1. The Bertz CT molecular complexity index is 901. The molecule has 0 fully saturated rings. The number of amides is 1. The fraction of sp³-hybridized carbons (Fsp3) is 0.381. The van der Waals surface area contributed by atoms with Crippen LogP contribution in [-0.4, -0.2) is 26.4 Å². The molecule has 0 unspecified atom stereocenters. The van der Waals surface area contributed by atoms with Crippen LogP contribution in [-0.2, 0) is 18.3 Å². The maximum Gasteiger partial charge on any atom is 0.230 e. The Hall–Kier alpha value is -2.54. The van der Waals surface area contributed by atoms with Crippen molar-refractivity contribution in [3.63, 3.8) is 0 Å². The van der Waals surface area contributed by atoms with Crippen molar-refractivity contribution in [3.8, 4) is 11.6 Å². The Morgan fingerprint density at radius 2 is 1.93 bits per heavy atom. The second-order valence-electron chi connectivity index (χ2n) is 7.26. The van der Waals surface area contributed by atoms with E-state index in [-0.39, 0.29) is 17.7 Å². The molecule has 1 atom stereocenters. The summed E-state index contributed by atoms with van der Waals surface area (Å²) in [7, 11) is 1.86. The molecule has 28 heavy (non-hydrogen) atoms. The average Bonchev–Trinajstić information content (AvgIpc) is 3.29. The summed E-state index contributed by atoms with van der Waals surface area (Å²) in [6.07, 6.45) is 2.66. The van der Waals surface area contributed by atoms with E-state index in [1.54, 1.807) is 12.3 Å². The number of hydrogen-bond donors (Lipinski definition) is 1. The molecule has 0 saturated carbocycles. The molecule has 2 heterocycles. The van der Waals surface area contributed by atoms with E-state index < -0.39 is 0 Å². The summed E-state index contributed by atoms with van der Waals surface area (Å²) in [5.74, 6) is 2.17. The largest absolute Gasteiger partial charge is 0.461 e. The van der Waals surface area contributed by atoms with Crippen molar-refractivity contribution in [2.45, 2.75) is 38.4 Å². The van der Waals surface area contributed by atoms with Gasteiger partial charge in [0.15, 0.2) is 16.7 Å². The number of rotatable bonds is 8. The number of hydrogen-bond acceptors (Lipinski definition) is 5. The number of furan rings is 1. The fourth-order valence-electron chi connectivity index (χ4n) is 2.97. The van der Waals surface area contributed by atoms with Gasteiger partial charge in [-0.2, -0.15) is 0 Å². The average molecular weight is 399 g/mol. The highest BCUT2D eigenvalue weighted by Crippen LogP contribution is 2.23. The van der Waals surface area contributed by atoms with Gasteiger partial charge >= 0.3 is 0 Å². The van der Waals surface area contributed by atoms with E-state index in [1.807, 2.05) is 24.6 Å². The molecular formula is C21H26N4O2S. The van der Waals surface area contributed by atoms with Gasteiger partial charge in [-0.1, -0.05) is 49.9 Å². The molecule has 0 spiro atoms. The zero-order valence-corrected chi connectivity index (χ0v) is 17.5. The summed E-state index contributed by atoms with van der Waals surface area (Å²) in [4.78, 5) is 12.4. The quantitative estimate of drug-likeness (QED) is 0.575. The van der Waals surface area contributed by atoms with Crippen LogP contribution in [0.5, 0.6) is 0 Å². The van der Waals surface area contributed by atoms with Crippen LogP contribution in [0.15, 0.2) is 52.2 Å². The monoisotopic (exact) mass is 398 g/mol. The van der Waals surface area contributed by atoms with Crippen LogP contribution >= 0.6 is 11.8 Å². The maximum atomic E-state index is 12.4. The third kappa shape index (κ3) is 5.04. The topological polar surface area (TPSA) is 73.0 Å². The van der Waals surface area contributed by atoms with Crippen LogP contribution in [0.4, 0.5) is 0 Å². The van der Waals surface area contributed by atoms with Crippen LogP contribution < -0.4 is 5.32 Å². The van der Waals surface area contributed by atoms with Crippen LogP contribution in [0.2, 0.25) is 0 Å². The summed E-state index contributed by atoms with van der Waals surface area (Å²) < 4.78 is 7.19. The van der Waals surface area contributed by atoms with Gasteiger partial charge in [0.25, 0.3) is 0 Å². The molecule has 0 aliphatic rings. The fourth-order valence-corrected chi connectivity index (χ4v) is 3.69. The Morgan fingerprint density at radius 1 is 1.18 bits per heavy atom. The molecule has 1 aromatic carbocycles. The number of carbonyl (C=O) groups is 1. The summed E-state index contributed by atoms with van der Waals surface area (Å²) in [6.45, 7) is 6.42. The van der Waals surface area contributed by atoms with Gasteiger partial charge in [0.2, 0.25) is 5.91 Å². The predicted molar refractivity (Wildman–Crippen MR) is 111 cm³/mol. The lowest BCUT2D eigenvalue weighted by Crippen LogP contribution is -2.28. The molecule has 3 aromatic rings. The summed E-state index contributed by atoms with van der Waals surface area (Å²) in [5, 5.41) is 12.0. The van der Waals surface area contributed by atoms with E-state index in [0.29, 0.717) is 22.7 Å². The molecular weight excluding hydrogens is 372 g/mol. The second kappa shape index (κ2) is 9.10. The van der Waals surface area contributed by atoms with Crippen LogP contribution in [0.3, 0.4) is 0 Å². The third-order valence-electron chi connectivity index (χ3n) is 4.41. The van der Waals surface area contributed by atoms with Crippen molar-refractivity contribution in [2.24, 2.45) is 13.0 Å². The molecule has 7 heteroatoms. The molecule has 0 aliphatic heterocycles. The third-order valence-corrected chi connectivity index (χ3v) is 5.43. The first-order valence-corrected chi connectivity index (χ1v) is 10.4.